The van der Waals surface area contributed by atoms with Gasteiger partial charge in [0.25, 0.3) is 25.9 Å². The predicted octanol–water partition coefficient (Wildman–Crippen LogP) is 1.13. The average molecular weight is 597 g/mol. The maximum atomic E-state index is 12.9. The number of rotatable bonds is 14. The summed E-state index contributed by atoms with van der Waals surface area (Å²) < 4.78 is 86.0. The molecule has 0 spiro atoms. The summed E-state index contributed by atoms with van der Waals surface area (Å²) in [5, 5.41) is 21.1. The van der Waals surface area contributed by atoms with Gasteiger partial charge in [0.05, 0.1) is 42.4 Å². The topological polar surface area (TPSA) is 214 Å². The van der Waals surface area contributed by atoms with Gasteiger partial charge in [0.2, 0.25) is 0 Å². The summed E-state index contributed by atoms with van der Waals surface area (Å²) in [6.07, 6.45) is 1.53. The first-order valence-electron chi connectivity index (χ1n) is 10.4. The van der Waals surface area contributed by atoms with E-state index in [1.54, 1.807) is 6.92 Å². The minimum atomic E-state index is -4.60. The molecule has 2 aromatic carbocycles. The maximum Gasteiger partial charge on any atom is 0.342 e. The molecule has 0 unspecified atom stereocenters. The number of aryl methyl sites for hydroxylation is 1. The number of carboxylic acids is 1. The second-order valence-corrected chi connectivity index (χ2v) is 12.6. The molecule has 0 bridgehead atoms. The Morgan fingerprint density at radius 2 is 1.45 bits per heavy atom. The molecule has 0 radical (unpaired) electrons. The van der Waals surface area contributed by atoms with Crippen molar-refractivity contribution in [3.63, 3.8) is 0 Å². The Bertz CT molecular complexity index is 1480. The molecule has 0 atom stereocenters. The Labute approximate surface area is 219 Å². The van der Waals surface area contributed by atoms with Gasteiger partial charge in [-0.25, -0.2) is 4.79 Å². The number of nitro groups is 1. The van der Waals surface area contributed by atoms with Crippen molar-refractivity contribution in [2.45, 2.75) is 11.8 Å². The average Bonchev–Trinajstić information content (AvgIpc) is 2.76. The summed E-state index contributed by atoms with van der Waals surface area (Å²) in [7, 11) is -12.5. The fourth-order valence-electron chi connectivity index (χ4n) is 3.02. The zero-order valence-electron chi connectivity index (χ0n) is 20.3. The molecule has 0 saturated heterocycles. The van der Waals surface area contributed by atoms with E-state index in [9.17, 15) is 45.3 Å². The van der Waals surface area contributed by atoms with Crippen molar-refractivity contribution < 1.29 is 52.6 Å². The van der Waals surface area contributed by atoms with E-state index in [1.165, 1.54) is 24.3 Å². The van der Waals surface area contributed by atoms with Crippen LogP contribution in [0.5, 0.6) is 5.75 Å². The molecule has 0 aliphatic carbocycles. The van der Waals surface area contributed by atoms with Crippen molar-refractivity contribution in [3.05, 3.63) is 57.6 Å². The van der Waals surface area contributed by atoms with Crippen molar-refractivity contribution in [1.82, 2.24) is 0 Å². The van der Waals surface area contributed by atoms with Crippen molar-refractivity contribution in [2.75, 3.05) is 43.7 Å². The van der Waals surface area contributed by atoms with Gasteiger partial charge in [-0.1, -0.05) is 17.7 Å². The van der Waals surface area contributed by atoms with Crippen LogP contribution in [0, 0.1) is 17.0 Å². The summed E-state index contributed by atoms with van der Waals surface area (Å²) in [6, 6.07) is 6.74. The summed E-state index contributed by atoms with van der Waals surface area (Å²) in [4.78, 5) is 23.0. The summed E-state index contributed by atoms with van der Waals surface area (Å²) >= 11 is 0. The predicted molar refractivity (Wildman–Crippen MR) is 133 cm³/mol. The number of nitro benzene ring substituents is 1. The maximum absolute atomic E-state index is 12.9. The number of aromatic carboxylic acids is 1. The molecule has 18 heteroatoms. The minimum Gasteiger partial charge on any atom is -0.477 e. The summed E-state index contributed by atoms with van der Waals surface area (Å²) in [6.45, 7) is -0.128. The Balaban J connectivity index is 2.66. The number of carbonyl (C=O) groups is 1. The molecule has 2 rings (SSSR count). The lowest BCUT2D eigenvalue weighted by Crippen LogP contribution is -2.33. The Morgan fingerprint density at radius 3 is 1.87 bits per heavy atom. The van der Waals surface area contributed by atoms with Crippen LogP contribution < -0.4 is 9.08 Å². The number of hydrogen-bond donors (Lipinski definition) is 1. The molecule has 0 aromatic heterocycles. The molecule has 0 fully saturated rings. The lowest BCUT2D eigenvalue weighted by atomic mass is 10.1. The zero-order valence-corrected chi connectivity index (χ0v) is 22.7. The third-order valence-corrected chi connectivity index (χ3v) is 7.11. The van der Waals surface area contributed by atoms with Crippen LogP contribution in [0.4, 0.5) is 11.4 Å². The van der Waals surface area contributed by atoms with E-state index in [1.807, 2.05) is 0 Å². The molecule has 0 aliphatic heterocycles. The van der Waals surface area contributed by atoms with Crippen LogP contribution in [0.25, 0.3) is 0 Å². The monoisotopic (exact) mass is 596 g/mol. The van der Waals surface area contributed by atoms with Crippen molar-refractivity contribution in [3.8, 4) is 5.75 Å². The van der Waals surface area contributed by atoms with Crippen molar-refractivity contribution in [1.29, 1.82) is 0 Å². The van der Waals surface area contributed by atoms with Crippen LogP contribution in [0.1, 0.15) is 15.9 Å². The lowest BCUT2D eigenvalue weighted by Gasteiger charge is -2.26. The van der Waals surface area contributed by atoms with Gasteiger partial charge in [-0.05, 0) is 25.1 Å². The fourth-order valence-corrected chi connectivity index (χ4v) is 4.71. The van der Waals surface area contributed by atoms with Gasteiger partial charge in [-0.15, -0.1) is 0 Å². The third-order valence-electron chi connectivity index (χ3n) is 4.67. The highest BCUT2D eigenvalue weighted by Gasteiger charge is 2.29. The quantitative estimate of drug-likeness (QED) is 0.184. The number of hydrogen-bond acceptors (Lipinski definition) is 13. The molecule has 15 nitrogen and oxygen atoms in total. The normalized spacial score (nSPS) is 12.2. The third kappa shape index (κ3) is 9.21. The highest BCUT2D eigenvalue weighted by molar-refractivity contribution is 7.87. The van der Waals surface area contributed by atoms with E-state index in [-0.39, 0.29) is 23.7 Å². The van der Waals surface area contributed by atoms with Crippen LogP contribution in [-0.4, -0.2) is 80.1 Å². The molecule has 0 heterocycles. The Kier molecular flexibility index (Phi) is 9.78. The van der Waals surface area contributed by atoms with Crippen LogP contribution in [0.15, 0.2) is 41.3 Å². The molecule has 0 saturated carbocycles. The Hall–Kier alpha value is -3.32. The number of carboxylic acid groups (broad SMARTS) is 1. The summed E-state index contributed by atoms with van der Waals surface area (Å²) in [5.41, 5.74) is -1.45. The largest absolute Gasteiger partial charge is 0.477 e. The van der Waals surface area contributed by atoms with Gasteiger partial charge in [0.15, 0.2) is 5.75 Å². The van der Waals surface area contributed by atoms with Crippen LogP contribution in [0.2, 0.25) is 0 Å². The second-order valence-electron chi connectivity index (χ2n) is 7.79. The Morgan fingerprint density at radius 1 is 0.947 bits per heavy atom. The number of anilines is 1. The number of nitrogens with zero attached hydrogens (tertiary/aromatic N) is 2. The van der Waals surface area contributed by atoms with Gasteiger partial charge < -0.3 is 14.2 Å². The smallest absolute Gasteiger partial charge is 0.342 e. The van der Waals surface area contributed by atoms with Crippen LogP contribution in [0.3, 0.4) is 0 Å². The van der Waals surface area contributed by atoms with E-state index < -0.39 is 71.5 Å². The number of benzene rings is 2. The molecular formula is C20H24N2O13S3. The molecule has 38 heavy (non-hydrogen) atoms. The molecule has 0 amide bonds. The first kappa shape index (κ1) is 30.9. The second kappa shape index (κ2) is 12.0. The van der Waals surface area contributed by atoms with Crippen LogP contribution in [-0.2, 0) is 38.7 Å². The van der Waals surface area contributed by atoms with Gasteiger partial charge in [0, 0.05) is 13.1 Å². The summed E-state index contributed by atoms with van der Waals surface area (Å²) in [5.74, 6) is -2.41. The van der Waals surface area contributed by atoms with E-state index >= 15 is 0 Å². The minimum absolute atomic E-state index is 0.314. The highest BCUT2D eigenvalue weighted by atomic mass is 32.2. The van der Waals surface area contributed by atoms with E-state index in [4.69, 9.17) is 4.18 Å². The van der Waals surface area contributed by atoms with E-state index in [0.717, 1.165) is 29.0 Å². The van der Waals surface area contributed by atoms with Gasteiger partial charge in [-0.2, -0.15) is 25.3 Å². The molecular weight excluding hydrogens is 572 g/mol. The first-order chi connectivity index (χ1) is 17.4. The van der Waals surface area contributed by atoms with Gasteiger partial charge in [0.1, 0.15) is 10.5 Å². The highest BCUT2D eigenvalue weighted by Crippen LogP contribution is 2.37. The molecule has 0 aliphatic rings. The zero-order chi connectivity index (χ0) is 28.9. The fraction of sp³-hybridized carbons (Fsp3) is 0.350. The van der Waals surface area contributed by atoms with Crippen LogP contribution >= 0.6 is 0 Å². The molecule has 210 valence electrons. The van der Waals surface area contributed by atoms with Gasteiger partial charge in [-0.3, -0.25) is 18.5 Å². The standard InChI is InChI=1S/C20H24N2O13S3/c1-14-4-6-15(7-5-14)38(31,32)35-19-13-17(22(25)26)16(20(23)24)12-18(19)21(8-10-33-36(2,27)28)9-11-34-37(3,29)30/h4-7,12-13H,8-11H2,1-3H3,(H,23,24). The SMILES string of the molecule is Cc1ccc(S(=O)(=O)Oc2cc([N+](=O)[O-])c(C(=O)O)cc2N(CCOS(C)(=O)=O)CCOS(C)(=O)=O)cc1. The van der Waals surface area contributed by atoms with Gasteiger partial charge >= 0.3 is 16.1 Å². The van der Waals surface area contributed by atoms with E-state index in [2.05, 4.69) is 8.37 Å². The molecule has 1 N–H and O–H groups in total. The molecule has 2 aromatic rings. The van der Waals surface area contributed by atoms with E-state index in [0.29, 0.717) is 6.07 Å². The van der Waals surface area contributed by atoms with Crippen molar-refractivity contribution >= 4 is 47.7 Å². The first-order valence-corrected chi connectivity index (χ1v) is 15.4. The lowest BCUT2D eigenvalue weighted by molar-refractivity contribution is -0.385. The van der Waals surface area contributed by atoms with Crippen molar-refractivity contribution in [2.24, 2.45) is 0 Å².